The molecule has 0 aromatic heterocycles. The third-order valence-electron chi connectivity index (χ3n) is 2.28. The zero-order valence-corrected chi connectivity index (χ0v) is 11.8. The Labute approximate surface area is 108 Å². The van der Waals surface area contributed by atoms with Crippen molar-refractivity contribution in [1.82, 2.24) is 0 Å². The standard InChI is InChI=1S/C13H20ClNO2/c1-13(2,3)8-15-10-7-12(17-5)11(16-4)6-9(10)14/h6-7,15H,8H2,1-5H3. The van der Waals surface area contributed by atoms with Crippen LogP contribution in [0.1, 0.15) is 20.8 Å². The van der Waals surface area contributed by atoms with Crippen molar-refractivity contribution in [3.05, 3.63) is 17.2 Å². The topological polar surface area (TPSA) is 30.5 Å². The summed E-state index contributed by atoms with van der Waals surface area (Å²) in [6.07, 6.45) is 0. The van der Waals surface area contributed by atoms with Gasteiger partial charge in [-0.3, -0.25) is 0 Å². The van der Waals surface area contributed by atoms with E-state index in [9.17, 15) is 0 Å². The molecule has 1 aromatic rings. The molecule has 17 heavy (non-hydrogen) atoms. The first-order valence-electron chi connectivity index (χ1n) is 5.53. The lowest BCUT2D eigenvalue weighted by Crippen LogP contribution is -2.19. The molecule has 0 aliphatic heterocycles. The van der Waals surface area contributed by atoms with E-state index in [0.29, 0.717) is 16.5 Å². The van der Waals surface area contributed by atoms with Crippen LogP contribution >= 0.6 is 11.6 Å². The first kappa shape index (κ1) is 14.0. The van der Waals surface area contributed by atoms with Gasteiger partial charge in [0.25, 0.3) is 0 Å². The summed E-state index contributed by atoms with van der Waals surface area (Å²) >= 11 is 6.17. The van der Waals surface area contributed by atoms with E-state index in [0.717, 1.165) is 12.2 Å². The maximum atomic E-state index is 6.17. The largest absolute Gasteiger partial charge is 0.493 e. The molecular formula is C13H20ClNO2. The monoisotopic (exact) mass is 257 g/mol. The molecule has 1 rings (SSSR count). The van der Waals surface area contributed by atoms with Crippen LogP contribution in [0.25, 0.3) is 0 Å². The summed E-state index contributed by atoms with van der Waals surface area (Å²) in [5, 5.41) is 3.94. The molecule has 0 heterocycles. The first-order chi connectivity index (χ1) is 7.87. The Morgan fingerprint density at radius 3 is 2.12 bits per heavy atom. The molecule has 0 radical (unpaired) electrons. The Balaban J connectivity index is 2.93. The Kier molecular flexibility index (Phi) is 4.52. The fraction of sp³-hybridized carbons (Fsp3) is 0.538. The summed E-state index contributed by atoms with van der Waals surface area (Å²) < 4.78 is 10.4. The van der Waals surface area contributed by atoms with E-state index in [1.807, 2.05) is 6.07 Å². The van der Waals surface area contributed by atoms with Crippen LogP contribution in [-0.4, -0.2) is 20.8 Å². The van der Waals surface area contributed by atoms with Gasteiger partial charge in [0.1, 0.15) is 0 Å². The van der Waals surface area contributed by atoms with Crippen LogP contribution in [-0.2, 0) is 0 Å². The van der Waals surface area contributed by atoms with Gasteiger partial charge in [-0.1, -0.05) is 32.4 Å². The molecule has 4 heteroatoms. The van der Waals surface area contributed by atoms with Crippen molar-refractivity contribution in [3.63, 3.8) is 0 Å². The Bertz CT molecular complexity index is 386. The fourth-order valence-electron chi connectivity index (χ4n) is 1.35. The first-order valence-corrected chi connectivity index (χ1v) is 5.90. The average molecular weight is 258 g/mol. The van der Waals surface area contributed by atoms with E-state index in [2.05, 4.69) is 26.1 Å². The van der Waals surface area contributed by atoms with Crippen molar-refractivity contribution in [2.75, 3.05) is 26.1 Å². The normalized spacial score (nSPS) is 11.2. The van der Waals surface area contributed by atoms with Crippen LogP contribution in [0, 0.1) is 5.41 Å². The van der Waals surface area contributed by atoms with Gasteiger partial charge in [0.15, 0.2) is 11.5 Å². The second kappa shape index (κ2) is 5.50. The van der Waals surface area contributed by atoms with E-state index in [-0.39, 0.29) is 5.41 Å². The van der Waals surface area contributed by atoms with Gasteiger partial charge in [0.2, 0.25) is 0 Å². The van der Waals surface area contributed by atoms with Gasteiger partial charge < -0.3 is 14.8 Å². The predicted molar refractivity (Wildman–Crippen MR) is 72.5 cm³/mol. The molecule has 0 atom stereocenters. The molecule has 1 aromatic carbocycles. The summed E-state index contributed by atoms with van der Waals surface area (Å²) in [4.78, 5) is 0. The van der Waals surface area contributed by atoms with Gasteiger partial charge in [-0.25, -0.2) is 0 Å². The van der Waals surface area contributed by atoms with E-state index in [4.69, 9.17) is 21.1 Å². The molecule has 0 fully saturated rings. The molecule has 96 valence electrons. The molecule has 0 saturated carbocycles. The highest BCUT2D eigenvalue weighted by atomic mass is 35.5. The summed E-state index contributed by atoms with van der Waals surface area (Å²) in [5.74, 6) is 1.31. The number of methoxy groups -OCH3 is 2. The van der Waals surface area contributed by atoms with Crippen LogP contribution in [0.2, 0.25) is 5.02 Å². The lowest BCUT2D eigenvalue weighted by atomic mass is 9.97. The molecule has 0 aliphatic rings. The zero-order chi connectivity index (χ0) is 13.1. The van der Waals surface area contributed by atoms with Crippen LogP contribution in [0.15, 0.2) is 12.1 Å². The second-order valence-corrected chi connectivity index (χ2v) is 5.51. The third kappa shape index (κ3) is 4.00. The van der Waals surface area contributed by atoms with E-state index < -0.39 is 0 Å². The van der Waals surface area contributed by atoms with Crippen molar-refractivity contribution in [3.8, 4) is 11.5 Å². The second-order valence-electron chi connectivity index (χ2n) is 5.10. The van der Waals surface area contributed by atoms with Crippen molar-refractivity contribution < 1.29 is 9.47 Å². The van der Waals surface area contributed by atoms with Gasteiger partial charge >= 0.3 is 0 Å². The summed E-state index contributed by atoms with van der Waals surface area (Å²) in [7, 11) is 3.20. The minimum Gasteiger partial charge on any atom is -0.493 e. The molecule has 0 saturated heterocycles. The summed E-state index contributed by atoms with van der Waals surface area (Å²) in [6, 6.07) is 3.61. The zero-order valence-electron chi connectivity index (χ0n) is 11.1. The van der Waals surface area contributed by atoms with E-state index in [1.165, 1.54) is 0 Å². The number of ether oxygens (including phenoxy) is 2. The predicted octanol–water partition coefficient (Wildman–Crippen LogP) is 3.82. The van der Waals surface area contributed by atoms with Crippen molar-refractivity contribution in [2.24, 2.45) is 5.41 Å². The van der Waals surface area contributed by atoms with Gasteiger partial charge in [0.05, 0.1) is 24.9 Å². The molecule has 0 unspecified atom stereocenters. The molecule has 1 N–H and O–H groups in total. The SMILES string of the molecule is COc1cc(Cl)c(NCC(C)(C)C)cc1OC. The Morgan fingerprint density at radius 1 is 1.12 bits per heavy atom. The number of nitrogens with one attached hydrogen (secondary N) is 1. The van der Waals surface area contributed by atoms with Gasteiger partial charge in [-0.2, -0.15) is 0 Å². The Morgan fingerprint density at radius 2 is 1.65 bits per heavy atom. The van der Waals surface area contributed by atoms with Crippen LogP contribution < -0.4 is 14.8 Å². The van der Waals surface area contributed by atoms with Crippen LogP contribution in [0.5, 0.6) is 11.5 Å². The minimum atomic E-state index is 0.191. The lowest BCUT2D eigenvalue weighted by molar-refractivity contribution is 0.355. The summed E-state index contributed by atoms with van der Waals surface area (Å²) in [5.41, 5.74) is 1.05. The van der Waals surface area contributed by atoms with E-state index >= 15 is 0 Å². The number of hydrogen-bond acceptors (Lipinski definition) is 3. The molecule has 0 spiro atoms. The number of anilines is 1. The third-order valence-corrected chi connectivity index (χ3v) is 2.60. The van der Waals surface area contributed by atoms with E-state index in [1.54, 1.807) is 20.3 Å². The Hall–Kier alpha value is -1.09. The number of rotatable bonds is 4. The molecule has 0 amide bonds. The minimum absolute atomic E-state index is 0.191. The fourth-order valence-corrected chi connectivity index (χ4v) is 1.57. The highest BCUT2D eigenvalue weighted by Gasteiger charge is 2.13. The number of halogens is 1. The highest BCUT2D eigenvalue weighted by molar-refractivity contribution is 6.33. The molecule has 3 nitrogen and oxygen atoms in total. The van der Waals surface area contributed by atoms with Crippen molar-refractivity contribution >= 4 is 17.3 Å². The number of benzene rings is 1. The van der Waals surface area contributed by atoms with Crippen LogP contribution in [0.4, 0.5) is 5.69 Å². The summed E-state index contributed by atoms with van der Waals surface area (Å²) in [6.45, 7) is 7.32. The van der Waals surface area contributed by atoms with Gasteiger partial charge in [0, 0.05) is 18.7 Å². The molecule has 0 aliphatic carbocycles. The quantitative estimate of drug-likeness (QED) is 0.890. The van der Waals surface area contributed by atoms with Crippen molar-refractivity contribution in [1.29, 1.82) is 0 Å². The molecule has 0 bridgehead atoms. The smallest absolute Gasteiger partial charge is 0.162 e. The number of hydrogen-bond donors (Lipinski definition) is 1. The van der Waals surface area contributed by atoms with Crippen molar-refractivity contribution in [2.45, 2.75) is 20.8 Å². The highest BCUT2D eigenvalue weighted by Crippen LogP contribution is 2.36. The lowest BCUT2D eigenvalue weighted by Gasteiger charge is -2.21. The molecular weight excluding hydrogens is 238 g/mol. The maximum absolute atomic E-state index is 6.17. The van der Waals surface area contributed by atoms with Crippen LogP contribution in [0.3, 0.4) is 0 Å². The van der Waals surface area contributed by atoms with Gasteiger partial charge in [-0.05, 0) is 5.41 Å². The van der Waals surface area contributed by atoms with Gasteiger partial charge in [-0.15, -0.1) is 0 Å². The maximum Gasteiger partial charge on any atom is 0.162 e. The average Bonchev–Trinajstić information content (AvgIpc) is 2.25.